The van der Waals surface area contributed by atoms with Crippen molar-refractivity contribution in [1.82, 2.24) is 31.9 Å². The lowest BCUT2D eigenvalue weighted by Crippen LogP contribution is -2.61. The molecule has 0 spiro atoms. The summed E-state index contributed by atoms with van der Waals surface area (Å²) in [5, 5.41) is 41.9. The molecular weight excluding hydrogens is 694 g/mol. The molecule has 19 nitrogen and oxygen atoms in total. The largest absolute Gasteiger partial charge is 0.394 e. The molecule has 0 rings (SSSR count). The lowest BCUT2D eigenvalue weighted by Gasteiger charge is -2.28. The summed E-state index contributed by atoms with van der Waals surface area (Å²) in [6.45, 7) is 5.11. The van der Waals surface area contributed by atoms with Crippen LogP contribution in [0.3, 0.4) is 0 Å². The number of amides is 7. The van der Waals surface area contributed by atoms with Gasteiger partial charge in [0, 0.05) is 25.1 Å². The van der Waals surface area contributed by atoms with Crippen molar-refractivity contribution < 1.29 is 48.6 Å². The third-order valence-electron chi connectivity index (χ3n) is 8.17. The van der Waals surface area contributed by atoms with Gasteiger partial charge < -0.3 is 59.0 Å². The van der Waals surface area contributed by atoms with Crippen LogP contribution in [0.25, 0.3) is 0 Å². The Labute approximate surface area is 310 Å². The first-order chi connectivity index (χ1) is 25.0. The van der Waals surface area contributed by atoms with Crippen LogP contribution in [0, 0.1) is 5.41 Å². The van der Waals surface area contributed by atoms with Crippen molar-refractivity contribution in [3.63, 3.8) is 0 Å². The third kappa shape index (κ3) is 21.0. The zero-order chi connectivity index (χ0) is 40.5. The van der Waals surface area contributed by atoms with Gasteiger partial charge in [-0.2, -0.15) is 0 Å². The first-order valence-electron chi connectivity index (χ1n) is 18.1. The minimum absolute atomic E-state index is 0.216. The quantitative estimate of drug-likeness (QED) is 0.0284. The molecule has 302 valence electrons. The number of carbonyl (C=O) groups is 8. The van der Waals surface area contributed by atoms with Crippen LogP contribution in [0.5, 0.6) is 0 Å². The van der Waals surface area contributed by atoms with E-state index in [9.17, 15) is 48.6 Å². The average Bonchev–Trinajstić information content (AvgIpc) is 3.10. The predicted molar refractivity (Wildman–Crippen MR) is 195 cm³/mol. The van der Waals surface area contributed by atoms with E-state index in [0.717, 1.165) is 38.3 Å². The van der Waals surface area contributed by atoms with Crippen molar-refractivity contribution in [2.75, 3.05) is 13.2 Å². The lowest BCUT2D eigenvalue weighted by molar-refractivity contribution is -0.136. The number of aliphatic hydroxyl groups is 2. The van der Waals surface area contributed by atoms with E-state index >= 15 is 0 Å². The number of Topliss-reactive ketones (excluding diaryl/α,β-unsaturated/α-hetero) is 1. The van der Waals surface area contributed by atoms with Crippen LogP contribution in [-0.4, -0.2) is 119 Å². The molecule has 0 saturated carbocycles. The highest BCUT2D eigenvalue weighted by Crippen LogP contribution is 2.07. The molecule has 0 radical (unpaired) electrons. The van der Waals surface area contributed by atoms with Gasteiger partial charge in [-0.15, -0.1) is 0 Å². The number of hydrogen-bond acceptors (Lipinski definition) is 12. The molecule has 0 saturated heterocycles. The van der Waals surface area contributed by atoms with Crippen molar-refractivity contribution >= 4 is 53.3 Å². The molecule has 0 aliphatic carbocycles. The van der Waals surface area contributed by atoms with Gasteiger partial charge in [-0.25, -0.2) is 0 Å². The molecule has 0 aliphatic rings. The van der Waals surface area contributed by atoms with Crippen molar-refractivity contribution in [1.29, 1.82) is 5.41 Å². The maximum absolute atomic E-state index is 13.5. The van der Waals surface area contributed by atoms with Gasteiger partial charge in [0.2, 0.25) is 41.4 Å². The fourth-order valence-electron chi connectivity index (χ4n) is 4.97. The number of rotatable bonds is 29. The van der Waals surface area contributed by atoms with Crippen molar-refractivity contribution in [3.05, 3.63) is 0 Å². The highest BCUT2D eigenvalue weighted by molar-refractivity contribution is 5.97. The van der Waals surface area contributed by atoms with Crippen LogP contribution in [0.15, 0.2) is 0 Å². The molecule has 0 aliphatic heterocycles. The Morgan fingerprint density at radius 1 is 0.698 bits per heavy atom. The SMILES string of the molecule is CCCCCCCC(=O)NCC(=O)N[C@@H](CO)C(=O)N[C@H](CCC(N)=O)C(=O)N[C@@H](CC(N)C=N)C(=O)N[C@H](C(=O)N[C@@H](CCCC)C(C)=O)C(C)O. The molecule has 2 unspecified atom stereocenters. The number of unbranched alkanes of at least 4 members (excludes halogenated alkanes) is 5. The van der Waals surface area contributed by atoms with Crippen LogP contribution in [0.4, 0.5) is 0 Å². The van der Waals surface area contributed by atoms with E-state index in [0.29, 0.717) is 19.3 Å². The van der Waals surface area contributed by atoms with Crippen LogP contribution in [0.2, 0.25) is 0 Å². The summed E-state index contributed by atoms with van der Waals surface area (Å²) < 4.78 is 0. The summed E-state index contributed by atoms with van der Waals surface area (Å²) in [4.78, 5) is 101. The Bertz CT molecular complexity index is 1230. The van der Waals surface area contributed by atoms with Crippen LogP contribution in [-0.2, 0) is 38.4 Å². The summed E-state index contributed by atoms with van der Waals surface area (Å²) >= 11 is 0. The summed E-state index contributed by atoms with van der Waals surface area (Å²) in [5.41, 5.74) is 11.1. The number of ketones is 1. The predicted octanol–water partition coefficient (Wildman–Crippen LogP) is -2.33. The zero-order valence-corrected chi connectivity index (χ0v) is 31.3. The van der Waals surface area contributed by atoms with E-state index in [1.807, 2.05) is 6.92 Å². The summed E-state index contributed by atoms with van der Waals surface area (Å²) in [6.07, 6.45) is 4.73. The van der Waals surface area contributed by atoms with Gasteiger partial charge in [-0.05, 0) is 39.5 Å². The molecule has 7 amide bonds. The summed E-state index contributed by atoms with van der Waals surface area (Å²) in [7, 11) is 0. The van der Waals surface area contributed by atoms with E-state index in [2.05, 4.69) is 38.8 Å². The minimum atomic E-state index is -1.58. The van der Waals surface area contributed by atoms with E-state index < -0.39 is 97.4 Å². The van der Waals surface area contributed by atoms with E-state index in [1.54, 1.807) is 0 Å². The van der Waals surface area contributed by atoms with Gasteiger partial charge in [0.25, 0.3) is 0 Å². The van der Waals surface area contributed by atoms with E-state index in [-0.39, 0.29) is 31.0 Å². The van der Waals surface area contributed by atoms with E-state index in [4.69, 9.17) is 16.9 Å². The molecule has 0 fully saturated rings. The zero-order valence-electron chi connectivity index (χ0n) is 31.3. The Hall–Kier alpha value is -4.49. The number of primary amides is 1. The smallest absolute Gasteiger partial charge is 0.245 e. The molecule has 0 aromatic heterocycles. The molecule has 13 N–H and O–H groups in total. The molecular formula is C34H61N9O10. The summed E-state index contributed by atoms with van der Waals surface area (Å²) in [5.74, 6) is -6.26. The van der Waals surface area contributed by atoms with Crippen molar-refractivity contribution in [2.24, 2.45) is 11.5 Å². The Morgan fingerprint density at radius 2 is 1.26 bits per heavy atom. The van der Waals surface area contributed by atoms with E-state index in [1.165, 1.54) is 13.8 Å². The molecule has 0 aromatic rings. The van der Waals surface area contributed by atoms with Crippen LogP contribution < -0.4 is 43.4 Å². The standard InChI is InChI=1S/C34H61N9O10/c1-5-7-9-10-11-13-28(48)38-18-29(49)39-26(19-44)33(52)41-24(14-15-27(37)47)31(50)42-25(16-22(36)17-35)32(51)43-30(21(4)46)34(53)40-23(20(3)45)12-8-6-2/h17,21-26,30,35,44,46H,5-16,18-19,36H2,1-4H3,(H2,37,47)(H,38,48)(H,39,49)(H,40,53)(H,41,52)(H,42,50)(H,43,51)/t21?,22?,23-,24+,25-,26-,30-/m0/s1. The monoisotopic (exact) mass is 755 g/mol. The second kappa shape index (κ2) is 27.2. The highest BCUT2D eigenvalue weighted by Gasteiger charge is 2.34. The van der Waals surface area contributed by atoms with Gasteiger partial charge in [-0.3, -0.25) is 38.4 Å². The molecule has 19 heteroatoms. The molecule has 0 bridgehead atoms. The first-order valence-corrected chi connectivity index (χ1v) is 18.1. The van der Waals surface area contributed by atoms with Gasteiger partial charge >= 0.3 is 0 Å². The molecule has 7 atom stereocenters. The highest BCUT2D eigenvalue weighted by atomic mass is 16.3. The average molecular weight is 756 g/mol. The number of nitrogens with one attached hydrogen (secondary N) is 7. The van der Waals surface area contributed by atoms with Gasteiger partial charge in [0.1, 0.15) is 24.2 Å². The Balaban J connectivity index is 5.83. The van der Waals surface area contributed by atoms with Crippen LogP contribution in [0.1, 0.15) is 105 Å². The van der Waals surface area contributed by atoms with Crippen LogP contribution >= 0.6 is 0 Å². The first kappa shape index (κ1) is 48.5. The fourth-order valence-corrected chi connectivity index (χ4v) is 4.97. The molecule has 0 aromatic carbocycles. The summed E-state index contributed by atoms with van der Waals surface area (Å²) in [6, 6.07) is -8.19. The second-order valence-electron chi connectivity index (χ2n) is 13.0. The molecule has 53 heavy (non-hydrogen) atoms. The normalized spacial score (nSPS) is 14.8. The minimum Gasteiger partial charge on any atom is -0.394 e. The van der Waals surface area contributed by atoms with Gasteiger partial charge in [0.05, 0.1) is 25.3 Å². The van der Waals surface area contributed by atoms with Crippen molar-refractivity contribution in [2.45, 2.75) is 147 Å². The lowest BCUT2D eigenvalue weighted by atomic mass is 10.0. The maximum atomic E-state index is 13.5. The van der Waals surface area contributed by atoms with Gasteiger partial charge in [0.15, 0.2) is 5.78 Å². The second-order valence-corrected chi connectivity index (χ2v) is 13.0. The number of hydrogen-bond donors (Lipinski definition) is 11. The Kier molecular flexibility index (Phi) is 24.9. The van der Waals surface area contributed by atoms with Crippen molar-refractivity contribution in [3.8, 4) is 0 Å². The van der Waals surface area contributed by atoms with Gasteiger partial charge in [-0.1, -0.05) is 52.4 Å². The number of aliphatic hydroxyl groups excluding tert-OH is 2. The topological polar surface area (TPSA) is 325 Å². The molecule has 0 heterocycles. The Morgan fingerprint density at radius 3 is 1.81 bits per heavy atom. The third-order valence-corrected chi connectivity index (χ3v) is 8.17. The number of nitrogens with two attached hydrogens (primary N) is 2. The maximum Gasteiger partial charge on any atom is 0.245 e. The fraction of sp³-hybridized carbons (Fsp3) is 0.735. The number of carbonyl (C=O) groups excluding carboxylic acids is 8.